The van der Waals surface area contributed by atoms with Gasteiger partial charge in [0.05, 0.1) is 7.11 Å². The Hall–Kier alpha value is -2.00. The van der Waals surface area contributed by atoms with Crippen molar-refractivity contribution in [2.24, 2.45) is 5.73 Å². The van der Waals surface area contributed by atoms with Crippen molar-refractivity contribution in [3.63, 3.8) is 0 Å². The number of para-hydroxylation sites is 3. The van der Waals surface area contributed by atoms with Crippen LogP contribution in [0.1, 0.15) is 5.56 Å². The Kier molecular flexibility index (Phi) is 4.20. The lowest BCUT2D eigenvalue weighted by Gasteiger charge is -2.12. The molecule has 2 aromatic carbocycles. The van der Waals surface area contributed by atoms with Crippen LogP contribution in [-0.2, 0) is 6.42 Å². The molecule has 2 aromatic rings. The summed E-state index contributed by atoms with van der Waals surface area (Å²) in [6.07, 6.45) is 0.797. The molecule has 0 aliphatic heterocycles. The Labute approximate surface area is 107 Å². The zero-order chi connectivity index (χ0) is 12.8. The van der Waals surface area contributed by atoms with Crippen LogP contribution in [0.2, 0.25) is 0 Å². The molecule has 0 aliphatic carbocycles. The lowest BCUT2D eigenvalue weighted by Crippen LogP contribution is -2.04. The van der Waals surface area contributed by atoms with Crippen molar-refractivity contribution in [1.82, 2.24) is 0 Å². The van der Waals surface area contributed by atoms with Gasteiger partial charge in [0.25, 0.3) is 0 Å². The number of methoxy groups -OCH3 is 1. The van der Waals surface area contributed by atoms with Crippen molar-refractivity contribution in [2.45, 2.75) is 6.42 Å². The van der Waals surface area contributed by atoms with Crippen molar-refractivity contribution in [3.05, 3.63) is 54.1 Å². The number of ether oxygens (including phenoxy) is 2. The van der Waals surface area contributed by atoms with Crippen molar-refractivity contribution >= 4 is 0 Å². The molecule has 3 nitrogen and oxygen atoms in total. The molecule has 0 unspecified atom stereocenters. The van der Waals surface area contributed by atoms with Gasteiger partial charge >= 0.3 is 0 Å². The van der Waals surface area contributed by atoms with Crippen LogP contribution < -0.4 is 15.2 Å². The maximum Gasteiger partial charge on any atom is 0.169 e. The average Bonchev–Trinajstić information content (AvgIpc) is 2.42. The Morgan fingerprint density at radius 3 is 2.17 bits per heavy atom. The predicted molar refractivity (Wildman–Crippen MR) is 72.3 cm³/mol. The quantitative estimate of drug-likeness (QED) is 0.878. The van der Waals surface area contributed by atoms with Gasteiger partial charge in [-0.2, -0.15) is 0 Å². The fraction of sp³-hybridized carbons (Fsp3) is 0.200. The zero-order valence-corrected chi connectivity index (χ0v) is 10.4. The monoisotopic (exact) mass is 243 g/mol. The summed E-state index contributed by atoms with van der Waals surface area (Å²) in [5.41, 5.74) is 6.70. The Morgan fingerprint density at radius 1 is 0.889 bits per heavy atom. The fourth-order valence-corrected chi connectivity index (χ4v) is 1.79. The average molecular weight is 243 g/mol. The van der Waals surface area contributed by atoms with Crippen LogP contribution in [0.25, 0.3) is 0 Å². The summed E-state index contributed by atoms with van der Waals surface area (Å²) in [7, 11) is 1.63. The summed E-state index contributed by atoms with van der Waals surface area (Å²) < 4.78 is 11.2. The lowest BCUT2D eigenvalue weighted by molar-refractivity contribution is 0.377. The molecule has 0 bridgehead atoms. The smallest absolute Gasteiger partial charge is 0.169 e. The molecule has 0 aromatic heterocycles. The van der Waals surface area contributed by atoms with E-state index in [0.29, 0.717) is 12.3 Å². The highest BCUT2D eigenvalue weighted by Crippen LogP contribution is 2.32. The molecule has 2 rings (SSSR count). The molecule has 0 saturated carbocycles. The highest BCUT2D eigenvalue weighted by atomic mass is 16.5. The summed E-state index contributed by atoms with van der Waals surface area (Å²) in [4.78, 5) is 0. The van der Waals surface area contributed by atoms with Crippen molar-refractivity contribution in [3.8, 4) is 17.2 Å². The molecule has 0 spiro atoms. The van der Waals surface area contributed by atoms with Crippen LogP contribution in [0.15, 0.2) is 48.5 Å². The molecular weight excluding hydrogens is 226 g/mol. The third-order valence-corrected chi connectivity index (χ3v) is 2.68. The molecule has 0 radical (unpaired) electrons. The molecule has 2 N–H and O–H groups in total. The third kappa shape index (κ3) is 2.81. The number of rotatable bonds is 5. The van der Waals surface area contributed by atoms with Gasteiger partial charge in [0.1, 0.15) is 5.75 Å². The first-order valence-corrected chi connectivity index (χ1v) is 5.94. The molecule has 0 aliphatic rings. The van der Waals surface area contributed by atoms with Crippen LogP contribution in [0.4, 0.5) is 0 Å². The largest absolute Gasteiger partial charge is 0.493 e. The van der Waals surface area contributed by atoms with Gasteiger partial charge in [-0.05, 0) is 36.7 Å². The van der Waals surface area contributed by atoms with Crippen LogP contribution in [-0.4, -0.2) is 13.7 Å². The van der Waals surface area contributed by atoms with Gasteiger partial charge in [0.15, 0.2) is 11.5 Å². The zero-order valence-electron chi connectivity index (χ0n) is 10.4. The first kappa shape index (κ1) is 12.5. The van der Waals surface area contributed by atoms with Gasteiger partial charge in [-0.15, -0.1) is 0 Å². The number of hydrogen-bond donors (Lipinski definition) is 1. The van der Waals surface area contributed by atoms with E-state index >= 15 is 0 Å². The van der Waals surface area contributed by atoms with Crippen molar-refractivity contribution < 1.29 is 9.47 Å². The van der Waals surface area contributed by atoms with E-state index in [1.165, 1.54) is 0 Å². The standard InChI is InChI=1S/C15H17NO2/c1-17-14-8-4-5-9-15(14)18-13-7-3-2-6-12(13)10-11-16/h2-9H,10-11,16H2,1H3. The van der Waals surface area contributed by atoms with E-state index in [9.17, 15) is 0 Å². The Morgan fingerprint density at radius 2 is 1.50 bits per heavy atom. The predicted octanol–water partition coefficient (Wildman–Crippen LogP) is 2.99. The molecule has 0 amide bonds. The van der Waals surface area contributed by atoms with Gasteiger partial charge in [0.2, 0.25) is 0 Å². The Bertz CT molecular complexity index is 511. The van der Waals surface area contributed by atoms with Crippen LogP contribution in [0.5, 0.6) is 17.2 Å². The minimum absolute atomic E-state index is 0.603. The molecule has 3 heteroatoms. The second-order valence-electron chi connectivity index (χ2n) is 3.90. The second-order valence-corrected chi connectivity index (χ2v) is 3.90. The molecule has 0 saturated heterocycles. The second kappa shape index (κ2) is 6.07. The van der Waals surface area contributed by atoms with Crippen molar-refractivity contribution in [1.29, 1.82) is 0 Å². The fourth-order valence-electron chi connectivity index (χ4n) is 1.79. The van der Waals surface area contributed by atoms with E-state index in [-0.39, 0.29) is 0 Å². The minimum Gasteiger partial charge on any atom is -0.493 e. The third-order valence-electron chi connectivity index (χ3n) is 2.68. The highest BCUT2D eigenvalue weighted by Gasteiger charge is 2.07. The van der Waals surface area contributed by atoms with Gasteiger partial charge in [-0.3, -0.25) is 0 Å². The molecule has 18 heavy (non-hydrogen) atoms. The number of hydrogen-bond acceptors (Lipinski definition) is 3. The van der Waals surface area contributed by atoms with E-state index in [1.54, 1.807) is 7.11 Å². The first-order valence-electron chi connectivity index (χ1n) is 5.94. The summed E-state index contributed by atoms with van der Waals surface area (Å²) >= 11 is 0. The maximum absolute atomic E-state index is 5.90. The molecule has 0 heterocycles. The molecule has 0 atom stereocenters. The van der Waals surface area contributed by atoms with Gasteiger partial charge < -0.3 is 15.2 Å². The van der Waals surface area contributed by atoms with E-state index in [2.05, 4.69) is 0 Å². The number of benzene rings is 2. The summed E-state index contributed by atoms with van der Waals surface area (Å²) in [5, 5.41) is 0. The van der Waals surface area contributed by atoms with E-state index in [0.717, 1.165) is 23.5 Å². The van der Waals surface area contributed by atoms with Gasteiger partial charge in [-0.1, -0.05) is 30.3 Å². The lowest BCUT2D eigenvalue weighted by atomic mass is 10.1. The molecule has 94 valence electrons. The SMILES string of the molecule is COc1ccccc1Oc1ccccc1CCN. The molecular formula is C15H17NO2. The van der Waals surface area contributed by atoms with Crippen LogP contribution in [0, 0.1) is 0 Å². The first-order chi connectivity index (χ1) is 8.85. The van der Waals surface area contributed by atoms with Crippen LogP contribution >= 0.6 is 0 Å². The summed E-state index contributed by atoms with van der Waals surface area (Å²) in [5.74, 6) is 2.26. The van der Waals surface area contributed by atoms with Gasteiger partial charge in [0, 0.05) is 0 Å². The summed E-state index contributed by atoms with van der Waals surface area (Å²) in [6, 6.07) is 15.5. The normalized spacial score (nSPS) is 10.1. The topological polar surface area (TPSA) is 44.5 Å². The van der Waals surface area contributed by atoms with E-state index in [1.807, 2.05) is 48.5 Å². The highest BCUT2D eigenvalue weighted by molar-refractivity contribution is 5.44. The minimum atomic E-state index is 0.603. The Balaban J connectivity index is 2.28. The molecule has 0 fully saturated rings. The van der Waals surface area contributed by atoms with E-state index in [4.69, 9.17) is 15.2 Å². The number of nitrogens with two attached hydrogens (primary N) is 1. The van der Waals surface area contributed by atoms with Gasteiger partial charge in [-0.25, -0.2) is 0 Å². The maximum atomic E-state index is 5.90. The van der Waals surface area contributed by atoms with Crippen molar-refractivity contribution in [2.75, 3.05) is 13.7 Å². The summed E-state index contributed by atoms with van der Waals surface area (Å²) in [6.45, 7) is 0.603. The van der Waals surface area contributed by atoms with E-state index < -0.39 is 0 Å². The van der Waals surface area contributed by atoms with Crippen LogP contribution in [0.3, 0.4) is 0 Å².